The molecule has 3 N–H and O–H groups in total. The first-order valence-electron chi connectivity index (χ1n) is 12.4. The minimum Gasteiger partial charge on any atom is -0.444 e. The molecule has 1 aliphatic heterocycles. The number of ether oxygens (including phenoxy) is 1. The molecule has 0 aromatic carbocycles. The van der Waals surface area contributed by atoms with Gasteiger partial charge in [-0.25, -0.2) is 9.79 Å². The average Bonchev–Trinajstić information content (AvgIpc) is 3.60. The number of guanidine groups is 1. The number of alkyl carbamates (subject to hydrolysis) is 1. The van der Waals surface area contributed by atoms with Crippen LogP contribution in [0.2, 0.25) is 0 Å². The molecule has 36 heavy (non-hydrogen) atoms. The number of nitrogens with zero attached hydrogens (tertiary/aromatic N) is 3. The van der Waals surface area contributed by atoms with Crippen molar-refractivity contribution >= 4 is 29.2 Å². The van der Waals surface area contributed by atoms with Crippen molar-refractivity contribution in [1.29, 1.82) is 0 Å². The van der Waals surface area contributed by atoms with Gasteiger partial charge in [-0.3, -0.25) is 14.8 Å². The summed E-state index contributed by atoms with van der Waals surface area (Å²) in [5, 5.41) is 9.12. The SMILES string of the molecule is Cc1cnc(C(=O)NC2CC2)cc1C1=CC2CN=C(NC(C)(C)CNC(=O)OC(C)(C)C)N=C2C=C1. The highest BCUT2D eigenvalue weighted by atomic mass is 16.6. The second-order valence-corrected chi connectivity index (χ2v) is 11.3. The molecule has 0 bridgehead atoms. The smallest absolute Gasteiger partial charge is 0.407 e. The molecule has 9 heteroatoms. The van der Waals surface area contributed by atoms with Crippen LogP contribution in [0.15, 0.2) is 40.5 Å². The van der Waals surface area contributed by atoms with Crippen LogP contribution in [0.4, 0.5) is 4.79 Å². The van der Waals surface area contributed by atoms with Crippen LogP contribution in [0.3, 0.4) is 0 Å². The average molecular weight is 493 g/mol. The van der Waals surface area contributed by atoms with E-state index in [9.17, 15) is 9.59 Å². The van der Waals surface area contributed by atoms with Gasteiger partial charge in [0.25, 0.3) is 5.91 Å². The maximum Gasteiger partial charge on any atom is 0.407 e. The summed E-state index contributed by atoms with van der Waals surface area (Å²) in [5.74, 6) is 0.468. The van der Waals surface area contributed by atoms with Gasteiger partial charge in [0, 0.05) is 24.7 Å². The molecular weight excluding hydrogens is 456 g/mol. The van der Waals surface area contributed by atoms with E-state index in [4.69, 9.17) is 9.73 Å². The van der Waals surface area contributed by atoms with E-state index in [1.807, 2.05) is 59.8 Å². The molecule has 4 rings (SSSR count). The number of aryl methyl sites for hydroxylation is 1. The number of aromatic nitrogens is 1. The van der Waals surface area contributed by atoms with Gasteiger partial charge in [-0.15, -0.1) is 0 Å². The number of rotatable bonds is 6. The predicted molar refractivity (Wildman–Crippen MR) is 141 cm³/mol. The van der Waals surface area contributed by atoms with Crippen LogP contribution in [0.1, 0.15) is 69.1 Å². The van der Waals surface area contributed by atoms with Crippen LogP contribution >= 0.6 is 0 Å². The second kappa shape index (κ2) is 9.87. The van der Waals surface area contributed by atoms with E-state index in [1.54, 1.807) is 6.20 Å². The summed E-state index contributed by atoms with van der Waals surface area (Å²) in [4.78, 5) is 38.2. The van der Waals surface area contributed by atoms with Gasteiger partial charge >= 0.3 is 6.09 Å². The molecule has 0 spiro atoms. The van der Waals surface area contributed by atoms with E-state index < -0.39 is 17.2 Å². The lowest BCUT2D eigenvalue weighted by Crippen LogP contribution is -2.52. The van der Waals surface area contributed by atoms with Gasteiger partial charge in [0.05, 0.1) is 17.8 Å². The predicted octanol–water partition coefficient (Wildman–Crippen LogP) is 3.56. The van der Waals surface area contributed by atoms with Gasteiger partial charge in [-0.2, -0.15) is 0 Å². The Morgan fingerprint density at radius 1 is 1.14 bits per heavy atom. The minimum absolute atomic E-state index is 0.0508. The second-order valence-electron chi connectivity index (χ2n) is 11.3. The highest BCUT2D eigenvalue weighted by Crippen LogP contribution is 2.28. The summed E-state index contributed by atoms with van der Waals surface area (Å²) < 4.78 is 5.31. The van der Waals surface area contributed by atoms with Crippen LogP contribution < -0.4 is 16.0 Å². The highest BCUT2D eigenvalue weighted by Gasteiger charge is 2.27. The van der Waals surface area contributed by atoms with Gasteiger partial charge in [0.1, 0.15) is 11.3 Å². The first-order valence-corrected chi connectivity index (χ1v) is 12.4. The summed E-state index contributed by atoms with van der Waals surface area (Å²) in [5.41, 5.74) is 3.37. The van der Waals surface area contributed by atoms with Crippen LogP contribution in [-0.4, -0.2) is 58.9 Å². The number of carbonyl (C=O) groups excluding carboxylic acids is 2. The Hall–Kier alpha value is -3.49. The maximum absolute atomic E-state index is 12.5. The van der Waals surface area contributed by atoms with E-state index in [2.05, 4.69) is 32.0 Å². The van der Waals surface area contributed by atoms with Gasteiger partial charge < -0.3 is 20.7 Å². The van der Waals surface area contributed by atoms with E-state index >= 15 is 0 Å². The molecule has 1 aromatic heterocycles. The molecular formula is C27H36N6O3. The molecule has 0 radical (unpaired) electrons. The molecule has 2 heterocycles. The first kappa shape index (κ1) is 25.6. The Bertz CT molecular complexity index is 1170. The largest absolute Gasteiger partial charge is 0.444 e. The van der Waals surface area contributed by atoms with Crippen molar-refractivity contribution < 1.29 is 14.3 Å². The zero-order chi connectivity index (χ0) is 26.1. The number of fused-ring (bicyclic) bond motifs is 1. The third kappa shape index (κ3) is 6.80. The zero-order valence-electron chi connectivity index (χ0n) is 21.9. The molecule has 0 saturated heterocycles. The summed E-state index contributed by atoms with van der Waals surface area (Å²) in [6.07, 6.45) is 9.56. The van der Waals surface area contributed by atoms with Crippen LogP contribution in [0.5, 0.6) is 0 Å². The summed E-state index contributed by atoms with van der Waals surface area (Å²) in [7, 11) is 0. The Kier molecular flexibility index (Phi) is 7.02. The maximum atomic E-state index is 12.5. The number of carbonyl (C=O) groups is 2. The van der Waals surface area contributed by atoms with Crippen molar-refractivity contribution in [2.24, 2.45) is 15.9 Å². The number of hydrogen-bond acceptors (Lipinski definition) is 7. The summed E-state index contributed by atoms with van der Waals surface area (Å²) >= 11 is 0. The van der Waals surface area contributed by atoms with E-state index in [0.29, 0.717) is 24.7 Å². The van der Waals surface area contributed by atoms with Crippen molar-refractivity contribution in [3.63, 3.8) is 0 Å². The molecule has 1 fully saturated rings. The van der Waals surface area contributed by atoms with Crippen molar-refractivity contribution in [2.45, 2.75) is 71.6 Å². The number of amides is 2. The third-order valence-corrected chi connectivity index (χ3v) is 5.95. The minimum atomic E-state index is -0.546. The lowest BCUT2D eigenvalue weighted by atomic mass is 9.89. The Morgan fingerprint density at radius 2 is 1.89 bits per heavy atom. The molecule has 2 aliphatic carbocycles. The molecule has 9 nitrogen and oxygen atoms in total. The number of nitrogens with one attached hydrogen (secondary N) is 3. The fraction of sp³-hybridized carbons (Fsp3) is 0.519. The molecule has 1 aromatic rings. The van der Waals surface area contributed by atoms with Crippen molar-refractivity contribution in [2.75, 3.05) is 13.1 Å². The summed E-state index contributed by atoms with van der Waals surface area (Å²) in [6, 6.07) is 2.16. The van der Waals surface area contributed by atoms with E-state index in [-0.39, 0.29) is 17.9 Å². The normalized spacial score (nSPS) is 19.4. The van der Waals surface area contributed by atoms with Crippen LogP contribution in [-0.2, 0) is 4.74 Å². The first-order chi connectivity index (χ1) is 16.9. The number of aliphatic imine (C=N–C) groups is 2. The monoisotopic (exact) mass is 492 g/mol. The van der Waals surface area contributed by atoms with E-state index in [1.165, 1.54) is 0 Å². The van der Waals surface area contributed by atoms with Crippen molar-refractivity contribution in [1.82, 2.24) is 20.9 Å². The Balaban J connectivity index is 1.39. The summed E-state index contributed by atoms with van der Waals surface area (Å²) in [6.45, 7) is 12.3. The fourth-order valence-corrected chi connectivity index (χ4v) is 3.91. The number of pyridine rings is 1. The Labute approximate surface area is 212 Å². The number of hydrogen-bond donors (Lipinski definition) is 3. The quantitative estimate of drug-likeness (QED) is 0.561. The van der Waals surface area contributed by atoms with Gasteiger partial charge in [0.2, 0.25) is 5.96 Å². The van der Waals surface area contributed by atoms with E-state index in [0.717, 1.165) is 35.3 Å². The van der Waals surface area contributed by atoms with Gasteiger partial charge in [0.15, 0.2) is 0 Å². The molecule has 1 atom stereocenters. The lowest BCUT2D eigenvalue weighted by molar-refractivity contribution is 0.0515. The topological polar surface area (TPSA) is 117 Å². The van der Waals surface area contributed by atoms with Crippen LogP contribution in [0.25, 0.3) is 5.57 Å². The van der Waals surface area contributed by atoms with Crippen LogP contribution in [0, 0.1) is 12.8 Å². The standard InChI is InChI=1S/C27H36N6O3/c1-16-13-28-22(23(34)31-19-8-9-19)12-20(16)17-7-10-21-18(11-17)14-29-24(32-21)33-27(5,6)15-30-25(35)36-26(2,3)4/h7,10-13,18-19H,8-9,14-15H2,1-6H3,(H,29,33)(H,30,35)(H,31,34). The van der Waals surface area contributed by atoms with Crippen molar-refractivity contribution in [3.05, 3.63) is 47.3 Å². The highest BCUT2D eigenvalue weighted by molar-refractivity contribution is 6.10. The molecule has 2 amide bonds. The molecule has 192 valence electrons. The lowest BCUT2D eigenvalue weighted by Gasteiger charge is -2.30. The van der Waals surface area contributed by atoms with Gasteiger partial charge in [-0.05, 0) is 83.2 Å². The van der Waals surface area contributed by atoms with Crippen molar-refractivity contribution in [3.8, 4) is 0 Å². The molecule has 3 aliphatic rings. The molecule has 1 unspecified atom stereocenters. The van der Waals surface area contributed by atoms with Gasteiger partial charge in [-0.1, -0.05) is 12.2 Å². The molecule has 1 saturated carbocycles. The third-order valence-electron chi connectivity index (χ3n) is 5.95. The zero-order valence-corrected chi connectivity index (χ0v) is 21.9. The number of allylic oxidation sites excluding steroid dienone is 3. The Morgan fingerprint density at radius 3 is 2.58 bits per heavy atom. The fourth-order valence-electron chi connectivity index (χ4n) is 3.91.